The molecule has 5 nitrogen and oxygen atoms in total. The van der Waals surface area contributed by atoms with Crippen molar-refractivity contribution >= 4 is 44.9 Å². The number of hydrogen-bond acceptors (Lipinski definition) is 3. The van der Waals surface area contributed by atoms with E-state index in [2.05, 4.69) is 0 Å². The molecule has 0 fully saturated rings. The topological polar surface area (TPSA) is 74.7 Å². The molecule has 0 saturated carbocycles. The molecule has 0 bridgehead atoms. The Balaban J connectivity index is 2.75. The van der Waals surface area contributed by atoms with Crippen molar-refractivity contribution in [1.82, 2.24) is 0 Å². The molecule has 0 heterocycles. The molecule has 0 amide bonds. The molecule has 0 spiro atoms. The summed E-state index contributed by atoms with van der Waals surface area (Å²) in [6.07, 6.45) is 0. The third kappa shape index (κ3) is 3.92. The van der Waals surface area contributed by atoms with E-state index in [1.54, 1.807) is 25.1 Å². The summed E-state index contributed by atoms with van der Waals surface area (Å²) in [6.45, 7) is 4.89. The van der Waals surface area contributed by atoms with E-state index in [9.17, 15) is 18.3 Å². The van der Waals surface area contributed by atoms with Crippen molar-refractivity contribution in [3.8, 4) is 0 Å². The molecule has 2 aromatic rings. The third-order valence-corrected chi connectivity index (χ3v) is 6.33. The van der Waals surface area contributed by atoms with Gasteiger partial charge in [0.1, 0.15) is 10.9 Å². The molecule has 8 heteroatoms. The molecule has 0 aromatic heterocycles. The SMILES string of the molecule is Cc1ccc(N(C(C)C(=O)O)S(=O)(=O)c2cc(Cl)ccc2Cl)c(C)c1. The number of aliphatic carboxylic acids is 1. The number of sulfonamides is 1. The average Bonchev–Trinajstić information content (AvgIpc) is 2.51. The maximum absolute atomic E-state index is 13.2. The van der Waals surface area contributed by atoms with Crippen LogP contribution in [-0.2, 0) is 14.8 Å². The smallest absolute Gasteiger partial charge is 0.327 e. The first-order valence-corrected chi connectivity index (χ1v) is 9.55. The molecule has 0 radical (unpaired) electrons. The van der Waals surface area contributed by atoms with Crippen molar-refractivity contribution in [3.05, 3.63) is 57.6 Å². The Labute approximate surface area is 156 Å². The molecule has 0 saturated heterocycles. The largest absolute Gasteiger partial charge is 0.480 e. The first-order chi connectivity index (χ1) is 11.6. The highest BCUT2D eigenvalue weighted by molar-refractivity contribution is 7.93. The lowest BCUT2D eigenvalue weighted by atomic mass is 10.1. The summed E-state index contributed by atoms with van der Waals surface area (Å²) in [4.78, 5) is 11.3. The van der Waals surface area contributed by atoms with Gasteiger partial charge in [-0.05, 0) is 50.6 Å². The van der Waals surface area contributed by atoms with Gasteiger partial charge < -0.3 is 5.11 Å². The van der Waals surface area contributed by atoms with Gasteiger partial charge in [0.05, 0.1) is 10.7 Å². The fourth-order valence-corrected chi connectivity index (χ4v) is 4.90. The lowest BCUT2D eigenvalue weighted by molar-refractivity contribution is -0.137. The monoisotopic (exact) mass is 401 g/mol. The molecule has 134 valence electrons. The van der Waals surface area contributed by atoms with Gasteiger partial charge in [-0.15, -0.1) is 0 Å². The number of nitrogens with zero attached hydrogens (tertiary/aromatic N) is 1. The second-order valence-corrected chi connectivity index (χ2v) is 8.31. The average molecular weight is 402 g/mol. The summed E-state index contributed by atoms with van der Waals surface area (Å²) in [5.74, 6) is -1.28. The number of carbonyl (C=O) groups is 1. The van der Waals surface area contributed by atoms with Gasteiger partial charge in [0.2, 0.25) is 0 Å². The minimum absolute atomic E-state index is 0.0308. The van der Waals surface area contributed by atoms with Crippen LogP contribution < -0.4 is 4.31 Å². The maximum atomic E-state index is 13.2. The van der Waals surface area contributed by atoms with Gasteiger partial charge in [-0.3, -0.25) is 4.31 Å². The minimum Gasteiger partial charge on any atom is -0.480 e. The number of carboxylic acids is 1. The van der Waals surface area contributed by atoms with E-state index in [4.69, 9.17) is 23.2 Å². The van der Waals surface area contributed by atoms with E-state index in [-0.39, 0.29) is 20.6 Å². The first kappa shape index (κ1) is 19.6. The molecular weight excluding hydrogens is 385 g/mol. The molecule has 1 N–H and O–H groups in total. The highest BCUT2D eigenvalue weighted by atomic mass is 35.5. The number of carboxylic acid groups (broad SMARTS) is 1. The maximum Gasteiger partial charge on any atom is 0.327 e. The second-order valence-electron chi connectivity index (χ2n) is 5.68. The molecule has 0 aliphatic heterocycles. The molecule has 2 rings (SSSR count). The van der Waals surface area contributed by atoms with Crippen LogP contribution >= 0.6 is 23.2 Å². The van der Waals surface area contributed by atoms with Crippen LogP contribution in [0.5, 0.6) is 0 Å². The lowest BCUT2D eigenvalue weighted by Gasteiger charge is -2.29. The number of anilines is 1. The van der Waals surface area contributed by atoms with Crippen molar-refractivity contribution in [2.75, 3.05) is 4.31 Å². The number of rotatable bonds is 5. The molecule has 2 aromatic carbocycles. The van der Waals surface area contributed by atoms with Gasteiger partial charge >= 0.3 is 5.97 Å². The molecule has 1 atom stereocenters. The molecule has 0 aliphatic carbocycles. The van der Waals surface area contributed by atoms with Crippen LogP contribution in [-0.4, -0.2) is 25.5 Å². The summed E-state index contributed by atoms with van der Waals surface area (Å²) in [5.41, 5.74) is 1.84. The van der Waals surface area contributed by atoms with Crippen molar-refractivity contribution in [1.29, 1.82) is 0 Å². The number of hydrogen-bond donors (Lipinski definition) is 1. The predicted octanol–water partition coefficient (Wildman–Crippen LogP) is 4.28. The van der Waals surface area contributed by atoms with Gasteiger partial charge in [-0.1, -0.05) is 40.9 Å². The third-order valence-electron chi connectivity index (χ3n) is 3.73. The minimum atomic E-state index is -4.25. The van der Waals surface area contributed by atoms with Crippen LogP contribution in [0.2, 0.25) is 10.0 Å². The van der Waals surface area contributed by atoms with Crippen molar-refractivity contribution in [3.63, 3.8) is 0 Å². The number of halogens is 2. The van der Waals surface area contributed by atoms with E-state index in [0.717, 1.165) is 9.87 Å². The van der Waals surface area contributed by atoms with Gasteiger partial charge in [0.15, 0.2) is 0 Å². The Morgan fingerprint density at radius 3 is 2.32 bits per heavy atom. The molecule has 0 aliphatic rings. The highest BCUT2D eigenvalue weighted by Crippen LogP contribution is 2.34. The van der Waals surface area contributed by atoms with E-state index >= 15 is 0 Å². The Hall–Kier alpha value is -1.76. The van der Waals surface area contributed by atoms with Crippen LogP contribution in [0.4, 0.5) is 5.69 Å². The normalized spacial score (nSPS) is 12.7. The summed E-state index contributed by atoms with van der Waals surface area (Å²) in [6, 6.07) is 7.80. The summed E-state index contributed by atoms with van der Waals surface area (Å²) in [5, 5.41) is 9.58. The van der Waals surface area contributed by atoms with Crippen LogP contribution in [0.15, 0.2) is 41.3 Å². The standard InChI is InChI=1S/C17H17Cl2NO4S/c1-10-4-7-15(11(2)8-10)20(12(3)17(21)22)25(23,24)16-9-13(18)5-6-14(16)19/h4-9,12H,1-3H3,(H,21,22). The molecule has 25 heavy (non-hydrogen) atoms. The van der Waals surface area contributed by atoms with E-state index in [1.165, 1.54) is 25.1 Å². The zero-order chi connectivity index (χ0) is 18.9. The molecular formula is C17H17Cl2NO4S. The van der Waals surface area contributed by atoms with E-state index in [1.807, 2.05) is 6.92 Å². The zero-order valence-electron chi connectivity index (χ0n) is 13.8. The fourth-order valence-electron chi connectivity index (χ4n) is 2.48. The Morgan fingerprint density at radius 1 is 1.12 bits per heavy atom. The second kappa shape index (κ2) is 7.23. The molecule has 1 unspecified atom stereocenters. The van der Waals surface area contributed by atoms with E-state index in [0.29, 0.717) is 5.56 Å². The highest BCUT2D eigenvalue weighted by Gasteiger charge is 2.35. The van der Waals surface area contributed by atoms with Gasteiger partial charge in [-0.2, -0.15) is 0 Å². The summed E-state index contributed by atoms with van der Waals surface area (Å²) < 4.78 is 27.3. The lowest BCUT2D eigenvalue weighted by Crippen LogP contribution is -2.43. The van der Waals surface area contributed by atoms with Crippen molar-refractivity contribution < 1.29 is 18.3 Å². The van der Waals surface area contributed by atoms with Crippen molar-refractivity contribution in [2.24, 2.45) is 0 Å². The number of benzene rings is 2. The van der Waals surface area contributed by atoms with Gasteiger partial charge in [0.25, 0.3) is 10.0 Å². The summed E-state index contributed by atoms with van der Waals surface area (Å²) >= 11 is 12.0. The van der Waals surface area contributed by atoms with Crippen LogP contribution in [0.1, 0.15) is 18.1 Å². The van der Waals surface area contributed by atoms with Crippen molar-refractivity contribution in [2.45, 2.75) is 31.7 Å². The van der Waals surface area contributed by atoms with Crippen LogP contribution in [0.25, 0.3) is 0 Å². The van der Waals surface area contributed by atoms with Gasteiger partial charge in [0, 0.05) is 5.02 Å². The first-order valence-electron chi connectivity index (χ1n) is 7.35. The fraction of sp³-hybridized carbons (Fsp3) is 0.235. The zero-order valence-corrected chi connectivity index (χ0v) is 16.2. The Kier molecular flexibility index (Phi) is 5.66. The number of aryl methyl sites for hydroxylation is 2. The summed E-state index contributed by atoms with van der Waals surface area (Å²) in [7, 11) is -4.25. The van der Waals surface area contributed by atoms with Gasteiger partial charge in [-0.25, -0.2) is 13.2 Å². The van der Waals surface area contributed by atoms with Crippen LogP contribution in [0, 0.1) is 13.8 Å². The predicted molar refractivity (Wildman–Crippen MR) is 99.1 cm³/mol. The van der Waals surface area contributed by atoms with Crippen LogP contribution in [0.3, 0.4) is 0 Å². The Morgan fingerprint density at radius 2 is 1.76 bits per heavy atom. The quantitative estimate of drug-likeness (QED) is 0.810. The van der Waals surface area contributed by atoms with E-state index < -0.39 is 22.0 Å². The Bertz CT molecular complexity index is 928.